The molecule has 0 aliphatic carbocycles. The molecule has 0 bridgehead atoms. The first-order chi connectivity index (χ1) is 32.7. The molecular formula is C53H61ClN8O5S. The van der Waals surface area contributed by atoms with Crippen LogP contribution in [0.2, 0.25) is 5.02 Å². The first kappa shape index (κ1) is 46.3. The molecule has 3 fully saturated rings. The molecule has 6 aromatic rings. The van der Waals surface area contributed by atoms with Gasteiger partial charge in [0.05, 0.1) is 55.3 Å². The lowest BCUT2D eigenvalue weighted by Gasteiger charge is -2.37. The molecule has 0 saturated carbocycles. The molecular weight excluding hydrogens is 896 g/mol. The number of aryl methyl sites for hydroxylation is 1. The van der Waals surface area contributed by atoms with Gasteiger partial charge < -0.3 is 29.6 Å². The van der Waals surface area contributed by atoms with Gasteiger partial charge in [-0.05, 0) is 125 Å². The number of piperidine rings is 2. The zero-order valence-electron chi connectivity index (χ0n) is 39.7. The number of halogens is 1. The lowest BCUT2D eigenvalue weighted by atomic mass is 9.83. The Morgan fingerprint density at radius 3 is 2.44 bits per heavy atom. The predicted molar refractivity (Wildman–Crippen MR) is 267 cm³/mol. The number of aromatic nitrogens is 4. The average molecular weight is 958 g/mol. The van der Waals surface area contributed by atoms with Gasteiger partial charge in [-0.2, -0.15) is 4.98 Å². The lowest BCUT2D eigenvalue weighted by Crippen LogP contribution is -2.48. The molecule has 15 heteroatoms. The number of carbonyl (C=O) groups excluding carboxylic acids is 2. The Bertz CT molecular complexity index is 2910. The van der Waals surface area contributed by atoms with Crippen LogP contribution in [0.1, 0.15) is 119 Å². The van der Waals surface area contributed by atoms with Crippen LogP contribution in [0.4, 0.5) is 5.82 Å². The third-order valence-electron chi connectivity index (χ3n) is 15.3. The van der Waals surface area contributed by atoms with E-state index < -0.39 is 23.5 Å². The maximum absolute atomic E-state index is 14.4. The van der Waals surface area contributed by atoms with Gasteiger partial charge in [-0.3, -0.25) is 19.0 Å². The highest BCUT2D eigenvalue weighted by Gasteiger charge is 2.44. The van der Waals surface area contributed by atoms with Crippen LogP contribution in [0.15, 0.2) is 81.6 Å². The van der Waals surface area contributed by atoms with Gasteiger partial charge >= 0.3 is 0 Å². The molecule has 10 rings (SSSR count). The number of likely N-dealkylation sites (tertiary alicyclic amines) is 2. The van der Waals surface area contributed by atoms with E-state index in [4.69, 9.17) is 16.1 Å². The number of fused-ring (bicyclic) bond motifs is 5. The van der Waals surface area contributed by atoms with Crippen molar-refractivity contribution in [2.75, 3.05) is 44.2 Å². The summed E-state index contributed by atoms with van der Waals surface area (Å²) in [7, 11) is 0. The number of hydrogen-bond donors (Lipinski definition) is 2. The summed E-state index contributed by atoms with van der Waals surface area (Å²) >= 11 is 8.14. The van der Waals surface area contributed by atoms with Crippen LogP contribution >= 0.6 is 22.9 Å². The molecule has 0 radical (unpaired) electrons. The second-order valence-electron chi connectivity index (χ2n) is 20.4. The Morgan fingerprint density at radius 2 is 1.74 bits per heavy atom. The number of benzene rings is 3. The fourth-order valence-corrected chi connectivity index (χ4v) is 12.4. The van der Waals surface area contributed by atoms with Crippen LogP contribution in [0, 0.1) is 18.8 Å². The van der Waals surface area contributed by atoms with Crippen LogP contribution in [-0.2, 0) is 15.0 Å². The van der Waals surface area contributed by atoms with E-state index in [1.54, 1.807) is 17.4 Å². The van der Waals surface area contributed by atoms with E-state index in [0.29, 0.717) is 28.0 Å². The van der Waals surface area contributed by atoms with E-state index >= 15 is 0 Å². The highest BCUT2D eigenvalue weighted by atomic mass is 35.5. The van der Waals surface area contributed by atoms with Crippen molar-refractivity contribution in [2.45, 2.75) is 109 Å². The van der Waals surface area contributed by atoms with Crippen molar-refractivity contribution in [1.82, 2.24) is 34.8 Å². The van der Waals surface area contributed by atoms with Gasteiger partial charge in [-0.25, -0.2) is 4.98 Å². The molecule has 3 aromatic heterocycles. The number of anilines is 1. The Hall–Kier alpha value is -5.41. The number of thiazole rings is 1. The maximum Gasteiger partial charge on any atom is 0.282 e. The molecule has 3 saturated heterocycles. The maximum atomic E-state index is 14.4. The normalized spacial score (nSPS) is 20.8. The quantitative estimate of drug-likeness (QED) is 0.129. The molecule has 4 aliphatic heterocycles. The van der Waals surface area contributed by atoms with Crippen LogP contribution < -0.4 is 15.8 Å². The highest BCUT2D eigenvalue weighted by molar-refractivity contribution is 7.13. The van der Waals surface area contributed by atoms with Crippen LogP contribution in [0.25, 0.3) is 27.0 Å². The van der Waals surface area contributed by atoms with Crippen molar-refractivity contribution in [3.05, 3.63) is 122 Å². The largest absolute Gasteiger partial charge is 0.391 e. The average Bonchev–Trinajstić information content (AvgIpc) is 4.12. The summed E-state index contributed by atoms with van der Waals surface area (Å²) in [5.41, 5.74) is 8.56. The summed E-state index contributed by atoms with van der Waals surface area (Å²) in [6.07, 6.45) is 3.63. The van der Waals surface area contributed by atoms with Gasteiger partial charge in [-0.1, -0.05) is 73.1 Å². The molecule has 2 amide bonds. The Balaban J connectivity index is 0.732. The molecule has 4 aliphatic rings. The minimum absolute atomic E-state index is 0.0842. The van der Waals surface area contributed by atoms with Gasteiger partial charge in [0, 0.05) is 38.7 Å². The van der Waals surface area contributed by atoms with Crippen LogP contribution in [0.3, 0.4) is 0 Å². The van der Waals surface area contributed by atoms with Crippen LogP contribution in [-0.4, -0.2) is 97.8 Å². The van der Waals surface area contributed by atoms with Gasteiger partial charge in [0.2, 0.25) is 11.8 Å². The van der Waals surface area contributed by atoms with Crippen molar-refractivity contribution >= 4 is 51.5 Å². The van der Waals surface area contributed by atoms with E-state index in [1.165, 1.54) is 16.0 Å². The number of carbonyl (C=O) groups is 2. The number of nitrogens with one attached hydrogen (secondary N) is 1. The van der Waals surface area contributed by atoms with Gasteiger partial charge in [-0.15, -0.1) is 11.3 Å². The van der Waals surface area contributed by atoms with E-state index in [1.807, 2.05) is 75.7 Å². The molecule has 3 aromatic carbocycles. The fraction of sp³-hybridized carbons (Fsp3) is 0.472. The second-order valence-corrected chi connectivity index (χ2v) is 21.7. The molecule has 356 valence electrons. The third-order valence-corrected chi connectivity index (χ3v) is 16.6. The summed E-state index contributed by atoms with van der Waals surface area (Å²) in [4.78, 5) is 57.8. The Kier molecular flexibility index (Phi) is 12.6. The third kappa shape index (κ3) is 8.55. The first-order valence-corrected chi connectivity index (χ1v) is 25.5. The number of aliphatic hydroxyl groups is 1. The number of aliphatic hydroxyl groups excluding tert-OH is 1. The SMILES string of the molecule is Cc1ncsc1-c1ccc([C@H](C)NC(=O)[C@@H]2C[C@@H](O)CN2C(=O)[C@@H](c2cc(N3CCC(CN4CCC(c5ccc6c(c5)-n5c(nc(=O)c7c(Cl)cccc75)C6(C)C)CC4)CC3)no2)C(C)C)cc1. The number of hydrogen-bond acceptors (Lipinski definition) is 11. The first-order valence-electron chi connectivity index (χ1n) is 24.3. The smallest absolute Gasteiger partial charge is 0.282 e. The van der Waals surface area contributed by atoms with Crippen molar-refractivity contribution in [1.29, 1.82) is 0 Å². The van der Waals surface area contributed by atoms with E-state index in [9.17, 15) is 19.5 Å². The van der Waals surface area contributed by atoms with Crippen molar-refractivity contribution in [3.63, 3.8) is 0 Å². The van der Waals surface area contributed by atoms with E-state index in [0.717, 1.165) is 103 Å². The number of rotatable bonds is 11. The standard InChI is InChI=1S/C53H61ClN8O5S/c1-30(2)46(51(66)61-28-38(63)25-43(61)49(64)56-31(3)34-10-12-36(13-11-34)48-32(4)55-29-68-48)44-26-45(58-67-44)60-22-16-33(17-23-60)27-59-20-18-35(19-21-59)37-14-15-39-42(24-37)62-41-9-7-8-40(54)47(41)50(65)57-52(62)53(39,5)6/h7-15,24,26,29-31,33,35,38,43,46,63H,16-23,25,27-28H2,1-6H3,(H,56,64)/t31-,38+,43-,46+/m0/s1. The summed E-state index contributed by atoms with van der Waals surface area (Å²) in [6.45, 7) is 17.1. The molecule has 2 N–H and O–H groups in total. The summed E-state index contributed by atoms with van der Waals surface area (Å²) < 4.78 is 8.10. The fourth-order valence-electron chi connectivity index (χ4n) is 11.4. The molecule has 68 heavy (non-hydrogen) atoms. The molecule has 13 nitrogen and oxygen atoms in total. The zero-order valence-corrected chi connectivity index (χ0v) is 41.3. The summed E-state index contributed by atoms with van der Waals surface area (Å²) in [5, 5.41) is 19.3. The van der Waals surface area contributed by atoms with Crippen molar-refractivity contribution < 1.29 is 19.2 Å². The highest BCUT2D eigenvalue weighted by Crippen LogP contribution is 2.45. The van der Waals surface area contributed by atoms with Crippen LogP contribution in [0.5, 0.6) is 0 Å². The van der Waals surface area contributed by atoms with Gasteiger partial charge in [0.25, 0.3) is 5.56 Å². The van der Waals surface area contributed by atoms with Gasteiger partial charge in [0.15, 0.2) is 11.6 Å². The second kappa shape index (κ2) is 18.5. The molecule has 4 atom stereocenters. The zero-order chi connectivity index (χ0) is 47.6. The number of nitrogens with zero attached hydrogens (tertiary/aromatic N) is 7. The Morgan fingerprint density at radius 1 is 0.985 bits per heavy atom. The minimum Gasteiger partial charge on any atom is -0.391 e. The predicted octanol–water partition coefficient (Wildman–Crippen LogP) is 8.77. The van der Waals surface area contributed by atoms with Crippen molar-refractivity contribution in [3.8, 4) is 16.1 Å². The summed E-state index contributed by atoms with van der Waals surface area (Å²) in [5.74, 6) is 1.69. The molecule has 7 heterocycles. The number of β-amino-alcohol motifs (C(OH)–C–C–N with tert-alkyl or cyclic N) is 1. The Labute approximate surface area is 406 Å². The minimum atomic E-state index is -0.802. The van der Waals surface area contributed by atoms with E-state index in [-0.39, 0.29) is 42.3 Å². The van der Waals surface area contributed by atoms with Crippen molar-refractivity contribution in [2.24, 2.45) is 11.8 Å². The topological polar surface area (TPSA) is 150 Å². The van der Waals surface area contributed by atoms with E-state index in [2.05, 4.69) is 66.9 Å². The summed E-state index contributed by atoms with van der Waals surface area (Å²) in [6, 6.07) is 21.4. The molecule has 0 spiro atoms. The lowest BCUT2D eigenvalue weighted by molar-refractivity contribution is -0.141. The van der Waals surface area contributed by atoms with Gasteiger partial charge in [0.1, 0.15) is 17.8 Å². The number of amides is 2. The molecule has 0 unspecified atom stereocenters. The monoisotopic (exact) mass is 956 g/mol.